The molecule has 1 saturated heterocycles. The summed E-state index contributed by atoms with van der Waals surface area (Å²) in [5.74, 6) is -3.79. The Morgan fingerprint density at radius 2 is 2.18 bits per heavy atom. The zero-order chi connectivity index (χ0) is 12.6. The number of amides is 1. The van der Waals surface area contributed by atoms with Crippen LogP contribution in [0.25, 0.3) is 0 Å². The highest BCUT2D eigenvalue weighted by molar-refractivity contribution is 9.10. The minimum Gasteiger partial charge on any atom is -0.443 e. The summed E-state index contributed by atoms with van der Waals surface area (Å²) in [6.07, 6.45) is -0.915. The molecule has 1 fully saturated rings. The first-order valence-electron chi connectivity index (χ1n) is 4.66. The van der Waals surface area contributed by atoms with Crippen molar-refractivity contribution >= 4 is 22.0 Å². The fourth-order valence-electron chi connectivity index (χ4n) is 1.53. The topological polar surface area (TPSA) is 38.3 Å². The first-order chi connectivity index (χ1) is 7.90. The molecule has 1 heterocycles. The van der Waals surface area contributed by atoms with E-state index in [4.69, 9.17) is 0 Å². The van der Waals surface area contributed by atoms with Gasteiger partial charge >= 0.3 is 12.0 Å². The van der Waals surface area contributed by atoms with Gasteiger partial charge in [-0.3, -0.25) is 0 Å². The quantitative estimate of drug-likeness (QED) is 0.866. The molecule has 0 aliphatic carbocycles. The number of benzene rings is 1. The number of carbonyl (C=O) groups is 1. The average molecular weight is 310 g/mol. The van der Waals surface area contributed by atoms with Crippen molar-refractivity contribution in [1.82, 2.24) is 5.32 Å². The Hall–Kier alpha value is -1.24. The second kappa shape index (κ2) is 4.21. The molecule has 17 heavy (non-hydrogen) atoms. The standard InChI is InChI=1S/C10H7BrF3NO2/c11-6-3-5(1-2-7(6)12)8-10(13,14)4-17-9(16)15-8/h1-3,8H,4H2,(H,15,16)/t8-/m0/s1. The van der Waals surface area contributed by atoms with Crippen molar-refractivity contribution in [3.05, 3.63) is 34.1 Å². The molecule has 1 aliphatic rings. The van der Waals surface area contributed by atoms with Crippen LogP contribution in [0.1, 0.15) is 11.6 Å². The van der Waals surface area contributed by atoms with E-state index >= 15 is 0 Å². The molecule has 1 aromatic carbocycles. The van der Waals surface area contributed by atoms with Crippen LogP contribution in [0.5, 0.6) is 0 Å². The number of cyclic esters (lactones) is 1. The number of rotatable bonds is 1. The highest BCUT2D eigenvalue weighted by atomic mass is 79.9. The van der Waals surface area contributed by atoms with Gasteiger partial charge in [-0.25, -0.2) is 18.0 Å². The summed E-state index contributed by atoms with van der Waals surface area (Å²) < 4.78 is 44.3. The van der Waals surface area contributed by atoms with Gasteiger partial charge in [-0.05, 0) is 33.6 Å². The predicted octanol–water partition coefficient (Wildman–Crippen LogP) is 3.00. The van der Waals surface area contributed by atoms with E-state index in [1.54, 1.807) is 0 Å². The maximum Gasteiger partial charge on any atom is 0.408 e. The number of alkyl halides is 2. The van der Waals surface area contributed by atoms with Gasteiger partial charge in [0.25, 0.3) is 0 Å². The van der Waals surface area contributed by atoms with Crippen molar-refractivity contribution in [2.45, 2.75) is 12.0 Å². The normalized spacial score (nSPS) is 22.8. The molecule has 92 valence electrons. The first kappa shape index (κ1) is 12.2. The van der Waals surface area contributed by atoms with E-state index in [0.29, 0.717) is 0 Å². The van der Waals surface area contributed by atoms with Gasteiger partial charge in [-0.2, -0.15) is 0 Å². The molecule has 0 radical (unpaired) electrons. The third kappa shape index (κ3) is 2.38. The van der Waals surface area contributed by atoms with Gasteiger partial charge in [0, 0.05) is 0 Å². The molecule has 1 amide bonds. The maximum absolute atomic E-state index is 13.5. The summed E-state index contributed by atoms with van der Waals surface area (Å²) in [6, 6.07) is 1.95. The van der Waals surface area contributed by atoms with Gasteiger partial charge in [0.1, 0.15) is 11.9 Å². The number of hydrogen-bond acceptors (Lipinski definition) is 2. The van der Waals surface area contributed by atoms with Crippen LogP contribution in [-0.2, 0) is 4.74 Å². The molecule has 0 spiro atoms. The number of halogens is 4. The molecule has 2 rings (SSSR count). The fraction of sp³-hybridized carbons (Fsp3) is 0.300. The fourth-order valence-corrected chi connectivity index (χ4v) is 1.93. The van der Waals surface area contributed by atoms with Crippen LogP contribution < -0.4 is 5.32 Å². The lowest BCUT2D eigenvalue weighted by Gasteiger charge is -2.31. The Morgan fingerprint density at radius 3 is 2.82 bits per heavy atom. The largest absolute Gasteiger partial charge is 0.443 e. The van der Waals surface area contributed by atoms with Crippen molar-refractivity contribution in [2.24, 2.45) is 0 Å². The van der Waals surface area contributed by atoms with Gasteiger partial charge in [0.2, 0.25) is 0 Å². The Kier molecular flexibility index (Phi) is 3.03. The summed E-state index contributed by atoms with van der Waals surface area (Å²) in [5.41, 5.74) is 0.111. The molecule has 7 heteroatoms. The molecule has 1 N–H and O–H groups in total. The summed E-state index contributed by atoms with van der Waals surface area (Å²) in [7, 11) is 0. The molecule has 1 aliphatic heterocycles. The number of alkyl carbamates (subject to hydrolysis) is 1. The molecule has 0 aromatic heterocycles. The molecular weight excluding hydrogens is 303 g/mol. The zero-order valence-electron chi connectivity index (χ0n) is 8.34. The number of nitrogens with one attached hydrogen (secondary N) is 1. The molecule has 0 saturated carbocycles. The lowest BCUT2D eigenvalue weighted by molar-refractivity contribution is -0.104. The van der Waals surface area contributed by atoms with Crippen LogP contribution >= 0.6 is 15.9 Å². The Labute approximate surface area is 103 Å². The number of carbonyl (C=O) groups excluding carboxylic acids is 1. The van der Waals surface area contributed by atoms with Crippen LogP contribution in [0.3, 0.4) is 0 Å². The highest BCUT2D eigenvalue weighted by Crippen LogP contribution is 2.35. The smallest absolute Gasteiger partial charge is 0.408 e. The average Bonchev–Trinajstić information content (AvgIpc) is 2.26. The minimum atomic E-state index is -3.23. The van der Waals surface area contributed by atoms with Crippen molar-refractivity contribution in [3.63, 3.8) is 0 Å². The van der Waals surface area contributed by atoms with Crippen LogP contribution in [-0.4, -0.2) is 18.6 Å². The van der Waals surface area contributed by atoms with E-state index in [1.165, 1.54) is 12.1 Å². The van der Waals surface area contributed by atoms with Gasteiger partial charge in [-0.1, -0.05) is 6.07 Å². The van der Waals surface area contributed by atoms with Crippen LogP contribution in [0, 0.1) is 5.82 Å². The van der Waals surface area contributed by atoms with E-state index in [1.807, 2.05) is 5.32 Å². The molecular formula is C10H7BrF3NO2. The molecule has 0 unspecified atom stereocenters. The van der Waals surface area contributed by atoms with E-state index in [9.17, 15) is 18.0 Å². The van der Waals surface area contributed by atoms with Crippen molar-refractivity contribution in [2.75, 3.05) is 6.61 Å². The van der Waals surface area contributed by atoms with E-state index in [2.05, 4.69) is 20.7 Å². The SMILES string of the molecule is O=C1N[C@@H](c2ccc(F)c(Br)c2)C(F)(F)CO1. The number of ether oxygens (including phenoxy) is 1. The summed E-state index contributed by atoms with van der Waals surface area (Å²) in [4.78, 5) is 10.9. The van der Waals surface area contributed by atoms with E-state index in [0.717, 1.165) is 6.07 Å². The molecule has 0 bridgehead atoms. The van der Waals surface area contributed by atoms with Crippen molar-refractivity contribution < 1.29 is 22.7 Å². The Balaban J connectivity index is 2.36. The highest BCUT2D eigenvalue weighted by Gasteiger charge is 2.46. The molecule has 1 atom stereocenters. The van der Waals surface area contributed by atoms with Gasteiger partial charge in [0.15, 0.2) is 6.61 Å². The first-order valence-corrected chi connectivity index (χ1v) is 5.45. The minimum absolute atomic E-state index is 0.0616. The predicted molar refractivity (Wildman–Crippen MR) is 56.3 cm³/mol. The Bertz CT molecular complexity index is 467. The van der Waals surface area contributed by atoms with E-state index in [-0.39, 0.29) is 10.0 Å². The maximum atomic E-state index is 13.5. The third-order valence-electron chi connectivity index (χ3n) is 2.36. The zero-order valence-corrected chi connectivity index (χ0v) is 9.93. The molecule has 3 nitrogen and oxygen atoms in total. The van der Waals surface area contributed by atoms with Gasteiger partial charge < -0.3 is 10.1 Å². The summed E-state index contributed by atoms with van der Waals surface area (Å²) in [5, 5.41) is 2.02. The van der Waals surface area contributed by atoms with Gasteiger partial charge in [-0.15, -0.1) is 0 Å². The van der Waals surface area contributed by atoms with Crippen LogP contribution in [0.4, 0.5) is 18.0 Å². The lowest BCUT2D eigenvalue weighted by Crippen LogP contribution is -2.49. The molecule has 1 aromatic rings. The van der Waals surface area contributed by atoms with E-state index < -0.39 is 30.5 Å². The second-order valence-corrected chi connectivity index (χ2v) is 4.44. The van der Waals surface area contributed by atoms with Crippen LogP contribution in [0.2, 0.25) is 0 Å². The Morgan fingerprint density at radius 1 is 1.47 bits per heavy atom. The lowest BCUT2D eigenvalue weighted by atomic mass is 10.0. The summed E-state index contributed by atoms with van der Waals surface area (Å²) in [6.45, 7) is -0.988. The van der Waals surface area contributed by atoms with Gasteiger partial charge in [0.05, 0.1) is 4.47 Å². The van der Waals surface area contributed by atoms with Crippen molar-refractivity contribution in [3.8, 4) is 0 Å². The monoisotopic (exact) mass is 309 g/mol. The second-order valence-electron chi connectivity index (χ2n) is 3.59. The van der Waals surface area contributed by atoms with Crippen LogP contribution in [0.15, 0.2) is 22.7 Å². The number of hydrogen-bond donors (Lipinski definition) is 1. The third-order valence-corrected chi connectivity index (χ3v) is 2.96. The van der Waals surface area contributed by atoms with Crippen molar-refractivity contribution in [1.29, 1.82) is 0 Å². The summed E-state index contributed by atoms with van der Waals surface area (Å²) >= 11 is 2.90.